The van der Waals surface area contributed by atoms with Gasteiger partial charge in [0, 0.05) is 22.5 Å². The number of amides is 1. The van der Waals surface area contributed by atoms with Crippen LogP contribution in [0.2, 0.25) is 5.02 Å². The number of fused-ring (bicyclic) bond motifs is 2. The van der Waals surface area contributed by atoms with Crippen LogP contribution in [0.25, 0.3) is 22.0 Å². The second-order valence-electron chi connectivity index (χ2n) is 6.59. The van der Waals surface area contributed by atoms with E-state index in [1.165, 1.54) is 0 Å². The van der Waals surface area contributed by atoms with Gasteiger partial charge in [-0.15, -0.1) is 0 Å². The second kappa shape index (κ2) is 6.74. The maximum absolute atomic E-state index is 12.8. The standard InChI is InChI=1S/C21H20ClN3O2/c1-4-25-17-8-6-5-7-16(17)24-20(25)13(3)23-21(26)19-12(2)15-11-14(22)9-10-18(15)27-19/h5-11,13H,4H2,1-3H3,(H,23,26)/t13-/m0/s1. The number of carbonyl (C=O) groups is 1. The zero-order chi connectivity index (χ0) is 19.1. The lowest BCUT2D eigenvalue weighted by atomic mass is 10.1. The van der Waals surface area contributed by atoms with Crippen LogP contribution in [0.5, 0.6) is 0 Å². The van der Waals surface area contributed by atoms with E-state index >= 15 is 0 Å². The zero-order valence-electron chi connectivity index (χ0n) is 15.4. The Labute approximate surface area is 161 Å². The van der Waals surface area contributed by atoms with Gasteiger partial charge >= 0.3 is 0 Å². The minimum atomic E-state index is -0.263. The van der Waals surface area contributed by atoms with Crippen molar-refractivity contribution >= 4 is 39.5 Å². The lowest BCUT2D eigenvalue weighted by molar-refractivity contribution is 0.0911. The Morgan fingerprint density at radius 2 is 2.07 bits per heavy atom. The number of benzene rings is 2. The molecule has 1 N–H and O–H groups in total. The molecule has 0 aliphatic heterocycles. The molecule has 4 rings (SSSR count). The molecule has 2 aromatic heterocycles. The third-order valence-electron chi connectivity index (χ3n) is 4.84. The average molecular weight is 382 g/mol. The SMILES string of the molecule is CCn1c([C@H](C)NC(=O)c2oc3ccc(Cl)cc3c2C)nc2ccccc21. The topological polar surface area (TPSA) is 60.1 Å². The fourth-order valence-electron chi connectivity index (χ4n) is 3.49. The van der Waals surface area contributed by atoms with Crippen LogP contribution in [-0.4, -0.2) is 15.5 Å². The van der Waals surface area contributed by atoms with E-state index in [-0.39, 0.29) is 11.9 Å². The van der Waals surface area contributed by atoms with Gasteiger partial charge in [0.15, 0.2) is 5.76 Å². The molecule has 0 aliphatic rings. The number of imidazole rings is 1. The van der Waals surface area contributed by atoms with Crippen molar-refractivity contribution in [1.82, 2.24) is 14.9 Å². The summed E-state index contributed by atoms with van der Waals surface area (Å²) in [6, 6.07) is 13.1. The highest BCUT2D eigenvalue weighted by molar-refractivity contribution is 6.31. The van der Waals surface area contributed by atoms with Crippen molar-refractivity contribution in [2.75, 3.05) is 0 Å². The Hall–Kier alpha value is -2.79. The van der Waals surface area contributed by atoms with Crippen molar-refractivity contribution in [1.29, 1.82) is 0 Å². The molecule has 138 valence electrons. The first-order valence-corrected chi connectivity index (χ1v) is 9.32. The van der Waals surface area contributed by atoms with E-state index in [1.807, 2.05) is 44.2 Å². The van der Waals surface area contributed by atoms with Crippen LogP contribution in [0.15, 0.2) is 46.9 Å². The van der Waals surface area contributed by atoms with Crippen LogP contribution in [0, 0.1) is 6.92 Å². The number of aromatic nitrogens is 2. The van der Waals surface area contributed by atoms with Gasteiger partial charge in [0.25, 0.3) is 5.91 Å². The lowest BCUT2D eigenvalue weighted by Gasteiger charge is -2.14. The van der Waals surface area contributed by atoms with Crippen LogP contribution >= 0.6 is 11.6 Å². The maximum Gasteiger partial charge on any atom is 0.287 e. The van der Waals surface area contributed by atoms with E-state index in [1.54, 1.807) is 12.1 Å². The molecule has 0 saturated carbocycles. The number of aryl methyl sites for hydroxylation is 2. The molecule has 27 heavy (non-hydrogen) atoms. The summed E-state index contributed by atoms with van der Waals surface area (Å²) < 4.78 is 7.89. The van der Waals surface area contributed by atoms with Crippen LogP contribution < -0.4 is 5.32 Å². The normalized spacial score (nSPS) is 12.6. The van der Waals surface area contributed by atoms with E-state index in [0.717, 1.165) is 34.4 Å². The summed E-state index contributed by atoms with van der Waals surface area (Å²) in [5.74, 6) is 0.865. The van der Waals surface area contributed by atoms with E-state index in [2.05, 4.69) is 16.8 Å². The quantitative estimate of drug-likeness (QED) is 0.524. The second-order valence-corrected chi connectivity index (χ2v) is 7.03. The number of hydrogen-bond acceptors (Lipinski definition) is 3. The molecule has 0 saturated heterocycles. The highest BCUT2D eigenvalue weighted by Gasteiger charge is 2.22. The summed E-state index contributed by atoms with van der Waals surface area (Å²) in [5, 5.41) is 4.48. The smallest absolute Gasteiger partial charge is 0.287 e. The van der Waals surface area contributed by atoms with Crippen LogP contribution in [0.3, 0.4) is 0 Å². The Morgan fingerprint density at radius 3 is 2.85 bits per heavy atom. The third kappa shape index (κ3) is 2.98. The minimum Gasteiger partial charge on any atom is -0.451 e. The Bertz CT molecular complexity index is 1160. The number of carbonyl (C=O) groups excluding carboxylic acids is 1. The summed E-state index contributed by atoms with van der Waals surface area (Å²) in [4.78, 5) is 17.6. The summed E-state index contributed by atoms with van der Waals surface area (Å²) >= 11 is 6.06. The molecule has 0 fully saturated rings. The molecule has 2 heterocycles. The molecule has 4 aromatic rings. The Balaban J connectivity index is 1.66. The summed E-state index contributed by atoms with van der Waals surface area (Å²) in [6.07, 6.45) is 0. The number of furan rings is 1. The predicted molar refractivity (Wildman–Crippen MR) is 107 cm³/mol. The van der Waals surface area contributed by atoms with Crippen LogP contribution in [-0.2, 0) is 6.54 Å². The van der Waals surface area contributed by atoms with E-state index in [4.69, 9.17) is 21.0 Å². The van der Waals surface area contributed by atoms with E-state index in [0.29, 0.717) is 16.4 Å². The van der Waals surface area contributed by atoms with Crippen LogP contribution in [0.4, 0.5) is 0 Å². The molecular formula is C21H20ClN3O2. The molecular weight excluding hydrogens is 362 g/mol. The van der Waals surface area contributed by atoms with E-state index < -0.39 is 0 Å². The first-order valence-electron chi connectivity index (χ1n) is 8.94. The van der Waals surface area contributed by atoms with Crippen LogP contribution in [0.1, 0.15) is 41.8 Å². The van der Waals surface area contributed by atoms with Gasteiger partial charge in [0.1, 0.15) is 11.4 Å². The highest BCUT2D eigenvalue weighted by atomic mass is 35.5. The van der Waals surface area contributed by atoms with Crippen molar-refractivity contribution in [2.24, 2.45) is 0 Å². The largest absolute Gasteiger partial charge is 0.451 e. The summed E-state index contributed by atoms with van der Waals surface area (Å²) in [5.41, 5.74) is 3.41. The van der Waals surface area contributed by atoms with Crippen molar-refractivity contribution < 1.29 is 9.21 Å². The van der Waals surface area contributed by atoms with Gasteiger partial charge in [-0.25, -0.2) is 4.98 Å². The predicted octanol–water partition coefficient (Wildman–Crippen LogP) is 5.26. The summed E-state index contributed by atoms with van der Waals surface area (Å²) in [6.45, 7) is 6.64. The summed E-state index contributed by atoms with van der Waals surface area (Å²) in [7, 11) is 0. The van der Waals surface area contributed by atoms with Gasteiger partial charge in [-0.05, 0) is 51.1 Å². The molecule has 1 atom stereocenters. The zero-order valence-corrected chi connectivity index (χ0v) is 16.2. The Morgan fingerprint density at radius 1 is 1.30 bits per heavy atom. The van der Waals surface area contributed by atoms with Gasteiger partial charge in [0.05, 0.1) is 17.1 Å². The van der Waals surface area contributed by atoms with Crippen molar-refractivity contribution in [2.45, 2.75) is 33.4 Å². The number of rotatable bonds is 4. The molecule has 0 unspecified atom stereocenters. The molecule has 6 heteroatoms. The lowest BCUT2D eigenvalue weighted by Crippen LogP contribution is -2.28. The van der Waals surface area contributed by atoms with Gasteiger partial charge < -0.3 is 14.3 Å². The van der Waals surface area contributed by atoms with Crippen molar-refractivity contribution in [3.63, 3.8) is 0 Å². The minimum absolute atomic E-state index is 0.262. The highest BCUT2D eigenvalue weighted by Crippen LogP contribution is 2.28. The molecule has 0 spiro atoms. The fourth-order valence-corrected chi connectivity index (χ4v) is 3.67. The number of halogens is 1. The third-order valence-corrected chi connectivity index (χ3v) is 5.07. The van der Waals surface area contributed by atoms with Gasteiger partial charge in [-0.1, -0.05) is 23.7 Å². The molecule has 5 nitrogen and oxygen atoms in total. The molecule has 1 amide bonds. The van der Waals surface area contributed by atoms with Crippen molar-refractivity contribution in [3.05, 3.63) is 64.6 Å². The molecule has 0 radical (unpaired) electrons. The van der Waals surface area contributed by atoms with E-state index in [9.17, 15) is 4.79 Å². The monoisotopic (exact) mass is 381 g/mol. The molecule has 0 bridgehead atoms. The average Bonchev–Trinajstić information content (AvgIpc) is 3.20. The number of para-hydroxylation sites is 2. The van der Waals surface area contributed by atoms with Gasteiger partial charge in [-0.3, -0.25) is 4.79 Å². The maximum atomic E-state index is 12.8. The fraction of sp³-hybridized carbons (Fsp3) is 0.238. The first kappa shape index (κ1) is 17.6. The van der Waals surface area contributed by atoms with Gasteiger partial charge in [0.2, 0.25) is 0 Å². The Kier molecular flexibility index (Phi) is 4.40. The number of nitrogens with zero attached hydrogens (tertiary/aromatic N) is 2. The van der Waals surface area contributed by atoms with Gasteiger partial charge in [-0.2, -0.15) is 0 Å². The first-order chi connectivity index (χ1) is 13.0. The number of nitrogens with one attached hydrogen (secondary N) is 1. The molecule has 0 aliphatic carbocycles. The molecule has 2 aromatic carbocycles. The van der Waals surface area contributed by atoms with Crippen molar-refractivity contribution in [3.8, 4) is 0 Å². The number of hydrogen-bond donors (Lipinski definition) is 1.